The Kier molecular flexibility index (Phi) is 9.06. The lowest BCUT2D eigenvalue weighted by Gasteiger charge is -2.30. The maximum absolute atomic E-state index is 5.57. The number of methoxy groups -OCH3 is 1. The molecule has 2 unspecified atom stereocenters. The van der Waals surface area contributed by atoms with E-state index in [1.165, 1.54) is 6.42 Å². The maximum Gasteiger partial charge on any atom is 0.0589 e. The molecule has 92 valence electrons. The molecule has 2 N–H and O–H groups in total. The topological polar surface area (TPSA) is 38.5 Å². The van der Waals surface area contributed by atoms with Crippen molar-refractivity contribution in [2.75, 3.05) is 33.4 Å². The van der Waals surface area contributed by atoms with Crippen molar-refractivity contribution in [1.29, 1.82) is 0 Å². The Morgan fingerprint density at radius 2 is 2.00 bits per heavy atom. The zero-order chi connectivity index (χ0) is 11.7. The first-order chi connectivity index (χ1) is 7.15. The normalized spacial score (nSPS) is 15.6. The van der Waals surface area contributed by atoms with E-state index in [-0.39, 0.29) is 0 Å². The molecular weight excluding hydrogens is 188 g/mol. The fourth-order valence-electron chi connectivity index (χ4n) is 1.73. The first-order valence-corrected chi connectivity index (χ1v) is 6.08. The number of nitrogens with zero attached hydrogens (tertiary/aromatic N) is 1. The van der Waals surface area contributed by atoms with E-state index >= 15 is 0 Å². The van der Waals surface area contributed by atoms with Gasteiger partial charge >= 0.3 is 0 Å². The Morgan fingerprint density at radius 1 is 1.33 bits per heavy atom. The zero-order valence-electron chi connectivity index (χ0n) is 10.8. The molecule has 0 aromatic rings. The maximum atomic E-state index is 5.57. The Hall–Kier alpha value is -0.120. The van der Waals surface area contributed by atoms with Gasteiger partial charge in [-0.15, -0.1) is 0 Å². The summed E-state index contributed by atoms with van der Waals surface area (Å²) >= 11 is 0. The summed E-state index contributed by atoms with van der Waals surface area (Å²) in [5, 5.41) is 0. The third-order valence-electron chi connectivity index (χ3n) is 3.00. The van der Waals surface area contributed by atoms with Gasteiger partial charge in [0.05, 0.1) is 6.61 Å². The minimum atomic E-state index is 0.639. The monoisotopic (exact) mass is 216 g/mol. The van der Waals surface area contributed by atoms with Crippen molar-refractivity contribution < 1.29 is 4.74 Å². The molecule has 0 saturated carbocycles. The first kappa shape index (κ1) is 14.9. The molecule has 0 rings (SSSR count). The van der Waals surface area contributed by atoms with Crippen LogP contribution in [0.2, 0.25) is 0 Å². The van der Waals surface area contributed by atoms with E-state index in [0.717, 1.165) is 32.7 Å². The van der Waals surface area contributed by atoms with E-state index in [2.05, 4.69) is 25.7 Å². The molecule has 0 amide bonds. The van der Waals surface area contributed by atoms with E-state index in [1.54, 1.807) is 7.11 Å². The molecular formula is C12H28N2O. The molecule has 0 saturated heterocycles. The molecule has 0 heterocycles. The molecule has 0 aliphatic carbocycles. The van der Waals surface area contributed by atoms with Gasteiger partial charge in [-0.2, -0.15) is 0 Å². The van der Waals surface area contributed by atoms with Crippen LogP contribution < -0.4 is 5.73 Å². The van der Waals surface area contributed by atoms with Crippen LogP contribution in [0.1, 0.15) is 33.6 Å². The van der Waals surface area contributed by atoms with Crippen LogP contribution in [0.3, 0.4) is 0 Å². The molecule has 3 heteroatoms. The lowest BCUT2D eigenvalue weighted by atomic mass is 10.1. The Labute approximate surface area is 95.0 Å². The number of hydrogen-bond acceptors (Lipinski definition) is 3. The molecule has 0 aromatic heterocycles. The number of rotatable bonds is 9. The molecule has 0 bridgehead atoms. The van der Waals surface area contributed by atoms with Gasteiger partial charge in [0.15, 0.2) is 0 Å². The van der Waals surface area contributed by atoms with Gasteiger partial charge in [0.1, 0.15) is 0 Å². The van der Waals surface area contributed by atoms with E-state index in [9.17, 15) is 0 Å². The minimum absolute atomic E-state index is 0.639. The van der Waals surface area contributed by atoms with Crippen LogP contribution in [0.4, 0.5) is 0 Å². The van der Waals surface area contributed by atoms with E-state index in [1.807, 2.05) is 0 Å². The van der Waals surface area contributed by atoms with Crippen molar-refractivity contribution in [2.24, 2.45) is 11.7 Å². The molecule has 0 radical (unpaired) electrons. The summed E-state index contributed by atoms with van der Waals surface area (Å²) in [5.74, 6) is 0.681. The van der Waals surface area contributed by atoms with Crippen molar-refractivity contribution in [3.8, 4) is 0 Å². The van der Waals surface area contributed by atoms with Gasteiger partial charge in [-0.1, -0.05) is 13.8 Å². The summed E-state index contributed by atoms with van der Waals surface area (Å²) in [7, 11) is 1.76. The summed E-state index contributed by atoms with van der Waals surface area (Å²) in [4.78, 5) is 2.50. The molecule has 0 aromatic carbocycles. The highest BCUT2D eigenvalue weighted by molar-refractivity contribution is 4.69. The highest BCUT2D eigenvalue weighted by Crippen LogP contribution is 2.09. The molecule has 0 spiro atoms. The third kappa shape index (κ3) is 6.88. The van der Waals surface area contributed by atoms with E-state index < -0.39 is 0 Å². The molecule has 0 aliphatic rings. The second-order valence-electron chi connectivity index (χ2n) is 4.43. The predicted octanol–water partition coefficient (Wildman–Crippen LogP) is 1.72. The van der Waals surface area contributed by atoms with Crippen molar-refractivity contribution in [3.63, 3.8) is 0 Å². The average molecular weight is 216 g/mol. The second kappa shape index (κ2) is 9.13. The summed E-state index contributed by atoms with van der Waals surface area (Å²) in [6.07, 6.45) is 2.30. The van der Waals surface area contributed by atoms with Crippen LogP contribution in [0.5, 0.6) is 0 Å². The van der Waals surface area contributed by atoms with Crippen LogP contribution in [0.25, 0.3) is 0 Å². The van der Waals surface area contributed by atoms with E-state index in [0.29, 0.717) is 12.0 Å². The van der Waals surface area contributed by atoms with Crippen molar-refractivity contribution >= 4 is 0 Å². The zero-order valence-corrected chi connectivity index (χ0v) is 10.8. The largest absolute Gasteiger partial charge is 0.383 e. The highest BCUT2D eigenvalue weighted by Gasteiger charge is 2.14. The number of ether oxygens (including phenoxy) is 1. The van der Waals surface area contributed by atoms with Crippen LogP contribution in [0, 0.1) is 5.92 Å². The Morgan fingerprint density at radius 3 is 2.47 bits per heavy atom. The summed E-state index contributed by atoms with van der Waals surface area (Å²) in [5.41, 5.74) is 5.57. The molecule has 2 atom stereocenters. The second-order valence-corrected chi connectivity index (χ2v) is 4.43. The molecule has 3 nitrogen and oxygen atoms in total. The van der Waals surface area contributed by atoms with Crippen LogP contribution >= 0.6 is 0 Å². The van der Waals surface area contributed by atoms with Gasteiger partial charge in [0.25, 0.3) is 0 Å². The number of nitrogens with two attached hydrogens (primary N) is 1. The van der Waals surface area contributed by atoms with Crippen molar-refractivity contribution in [1.82, 2.24) is 4.90 Å². The lowest BCUT2D eigenvalue weighted by molar-refractivity contribution is 0.110. The molecule has 0 fully saturated rings. The van der Waals surface area contributed by atoms with Crippen LogP contribution in [-0.4, -0.2) is 44.3 Å². The SMILES string of the molecule is CCC(C)N(CCOC)CC(C)CCN. The van der Waals surface area contributed by atoms with Crippen molar-refractivity contribution in [2.45, 2.75) is 39.7 Å². The van der Waals surface area contributed by atoms with Gasteiger partial charge in [0, 0.05) is 26.2 Å². The standard InChI is InChI=1S/C12H28N2O/c1-5-12(3)14(8-9-15-4)10-11(2)6-7-13/h11-12H,5-10,13H2,1-4H3. The van der Waals surface area contributed by atoms with Crippen LogP contribution in [-0.2, 0) is 4.74 Å². The summed E-state index contributed by atoms with van der Waals surface area (Å²) < 4.78 is 5.14. The Balaban J connectivity index is 3.98. The highest BCUT2D eigenvalue weighted by atomic mass is 16.5. The molecule has 15 heavy (non-hydrogen) atoms. The third-order valence-corrected chi connectivity index (χ3v) is 3.00. The Bertz CT molecular complexity index is 142. The van der Waals surface area contributed by atoms with Gasteiger partial charge in [0.2, 0.25) is 0 Å². The summed E-state index contributed by atoms with van der Waals surface area (Å²) in [6, 6.07) is 0.639. The lowest BCUT2D eigenvalue weighted by Crippen LogP contribution is -2.38. The summed E-state index contributed by atoms with van der Waals surface area (Å²) in [6.45, 7) is 10.6. The fourth-order valence-corrected chi connectivity index (χ4v) is 1.73. The molecule has 0 aliphatic heterocycles. The minimum Gasteiger partial charge on any atom is -0.383 e. The van der Waals surface area contributed by atoms with Gasteiger partial charge in [-0.05, 0) is 32.2 Å². The van der Waals surface area contributed by atoms with Crippen LogP contribution in [0.15, 0.2) is 0 Å². The predicted molar refractivity (Wildman–Crippen MR) is 66.0 cm³/mol. The number of hydrogen-bond donors (Lipinski definition) is 1. The quantitative estimate of drug-likeness (QED) is 0.638. The van der Waals surface area contributed by atoms with Gasteiger partial charge < -0.3 is 10.5 Å². The fraction of sp³-hybridized carbons (Fsp3) is 1.00. The first-order valence-electron chi connectivity index (χ1n) is 6.08. The smallest absolute Gasteiger partial charge is 0.0589 e. The van der Waals surface area contributed by atoms with Gasteiger partial charge in [-0.25, -0.2) is 0 Å². The van der Waals surface area contributed by atoms with Crippen molar-refractivity contribution in [3.05, 3.63) is 0 Å². The van der Waals surface area contributed by atoms with E-state index in [4.69, 9.17) is 10.5 Å². The average Bonchev–Trinajstić information content (AvgIpc) is 2.23. The van der Waals surface area contributed by atoms with Gasteiger partial charge in [-0.3, -0.25) is 4.90 Å².